The summed E-state index contributed by atoms with van der Waals surface area (Å²) in [5.74, 6) is 5.06. The molecule has 0 saturated carbocycles. The van der Waals surface area contributed by atoms with E-state index in [0.29, 0.717) is 41.1 Å². The molecule has 0 bridgehead atoms. The first-order valence-corrected chi connectivity index (χ1v) is 43.2. The van der Waals surface area contributed by atoms with Crippen LogP contribution in [-0.2, 0) is 0 Å². The van der Waals surface area contributed by atoms with E-state index in [1.54, 1.807) is 37.2 Å². The first kappa shape index (κ1) is 77.1. The maximum atomic E-state index is 6.48. The van der Waals surface area contributed by atoms with Gasteiger partial charge in [0.1, 0.15) is 22.4 Å². The standard InChI is InChI=1S/C46H29N5O.C34H21N5O.C33H20N6O/c1-4-12-30(13-5-1)31-20-22-33(23-21-31)44-48-43(32-14-6-2-7-15-32)49-45(50-44)34-24-26-36(27-25-34)51-39-19-11-10-18-37(39)41-40(51)29-28-38-42(41)52-46(47-38)35-16-8-3-9-17-35;1-2-6-24(7-3-1)34-38-27-10-11-30-32(33(27)40-34)26-8-4-5-9-29(26)39(30)31-21-25(22-12-16-35-17-13-22)20-28(37-31)23-14-18-36-19-15-23;1-2-6-23(7-3-1)32-36-25-10-11-29-30(31(25)40-32)24-8-4-5-9-28(24)39(29)33-37-26(21-12-16-34-17-13-21)20-27(38-33)22-14-18-35-19-15-22/h1-29H;1-21H;1-20H. The first-order valence-electron chi connectivity index (χ1n) is 43.2. The first-order chi connectivity index (χ1) is 65.4. The zero-order valence-corrected chi connectivity index (χ0v) is 70.3. The van der Waals surface area contributed by atoms with Gasteiger partial charge in [0.2, 0.25) is 23.6 Å². The molecular formula is C113H70N16O3. The Hall–Kier alpha value is -18.5. The Bertz CT molecular complexity index is 8360. The van der Waals surface area contributed by atoms with E-state index in [9.17, 15) is 0 Å². The topological polar surface area (TPSA) is 222 Å². The highest BCUT2D eigenvalue weighted by Crippen LogP contribution is 2.44. The number of aromatic nitrogens is 16. The van der Waals surface area contributed by atoms with Crippen molar-refractivity contribution in [1.29, 1.82) is 0 Å². The fraction of sp³-hybridized carbons (Fsp3) is 0. The number of oxazole rings is 3. The van der Waals surface area contributed by atoms with E-state index < -0.39 is 0 Å². The van der Waals surface area contributed by atoms with E-state index in [1.165, 1.54) is 5.56 Å². The Labute approximate surface area is 753 Å². The van der Waals surface area contributed by atoms with Crippen molar-refractivity contribution >= 4 is 98.7 Å². The lowest BCUT2D eigenvalue weighted by atomic mass is 10.0. The summed E-state index contributed by atoms with van der Waals surface area (Å²) < 4.78 is 26.0. The Morgan fingerprint density at radius 1 is 0.189 bits per heavy atom. The molecule has 0 amide bonds. The largest absolute Gasteiger partial charge is 0.435 e. The molecule has 0 unspecified atom stereocenters. The summed E-state index contributed by atoms with van der Waals surface area (Å²) in [6.45, 7) is 0. The van der Waals surface area contributed by atoms with Gasteiger partial charge < -0.3 is 17.8 Å². The number of rotatable bonds is 14. The zero-order chi connectivity index (χ0) is 87.4. The molecule has 13 aromatic carbocycles. The third-order valence-corrected chi connectivity index (χ3v) is 23.8. The quantitative estimate of drug-likeness (QED) is 0.0987. The minimum absolute atomic E-state index is 0.564. The van der Waals surface area contributed by atoms with Crippen LogP contribution in [0.2, 0.25) is 0 Å². The van der Waals surface area contributed by atoms with Gasteiger partial charge in [-0.3, -0.25) is 29.1 Å². The van der Waals surface area contributed by atoms with E-state index in [2.05, 4.69) is 197 Å². The number of nitrogens with zero attached hydrogens (tertiary/aromatic N) is 16. The highest BCUT2D eigenvalue weighted by molar-refractivity contribution is 6.22. The van der Waals surface area contributed by atoms with Crippen molar-refractivity contribution in [2.75, 3.05) is 0 Å². The molecule has 0 N–H and O–H groups in total. The predicted molar refractivity (Wildman–Crippen MR) is 523 cm³/mol. The maximum absolute atomic E-state index is 6.48. The summed E-state index contributed by atoms with van der Waals surface area (Å²) in [5.41, 5.74) is 27.3. The van der Waals surface area contributed by atoms with E-state index in [1.807, 2.05) is 225 Å². The summed E-state index contributed by atoms with van der Waals surface area (Å²) in [4.78, 5) is 61.5. The Morgan fingerprint density at radius 3 is 0.909 bits per heavy atom. The molecule has 0 spiro atoms. The molecule has 19 nitrogen and oxygen atoms in total. The second-order valence-corrected chi connectivity index (χ2v) is 31.8. The average molecular weight is 1700 g/mol. The third kappa shape index (κ3) is 14.2. The zero-order valence-electron chi connectivity index (χ0n) is 70.3. The summed E-state index contributed by atoms with van der Waals surface area (Å²) in [7, 11) is 0. The summed E-state index contributed by atoms with van der Waals surface area (Å²) in [6.07, 6.45) is 14.3. The van der Waals surface area contributed by atoms with Crippen LogP contribution in [-0.4, -0.2) is 78.5 Å². The lowest BCUT2D eigenvalue weighted by Gasteiger charge is -2.12. The van der Waals surface area contributed by atoms with Gasteiger partial charge >= 0.3 is 0 Å². The van der Waals surface area contributed by atoms with Crippen molar-refractivity contribution in [3.8, 4) is 142 Å². The van der Waals surface area contributed by atoms with Gasteiger partial charge in [-0.05, 0) is 204 Å². The maximum Gasteiger partial charge on any atom is 0.235 e. The van der Waals surface area contributed by atoms with Crippen molar-refractivity contribution < 1.29 is 13.3 Å². The van der Waals surface area contributed by atoms with Crippen LogP contribution in [0.25, 0.3) is 241 Å². The van der Waals surface area contributed by atoms with Crippen LogP contribution in [0.4, 0.5) is 0 Å². The molecule has 26 rings (SSSR count). The molecule has 0 atom stereocenters. The van der Waals surface area contributed by atoms with E-state index in [4.69, 9.17) is 58.1 Å². The monoisotopic (exact) mass is 1700 g/mol. The number of pyridine rings is 5. The molecule has 0 radical (unpaired) electrons. The molecular weight excluding hydrogens is 1630 g/mol. The van der Waals surface area contributed by atoms with Crippen LogP contribution in [0.15, 0.2) is 439 Å². The van der Waals surface area contributed by atoms with E-state index in [0.717, 1.165) is 194 Å². The van der Waals surface area contributed by atoms with Crippen LogP contribution in [0.5, 0.6) is 0 Å². The molecule has 0 aliphatic carbocycles. The second-order valence-electron chi connectivity index (χ2n) is 31.8. The molecule has 0 saturated heterocycles. The van der Waals surface area contributed by atoms with Gasteiger partial charge in [0.15, 0.2) is 34.2 Å². The lowest BCUT2D eigenvalue weighted by Crippen LogP contribution is -2.04. The number of para-hydroxylation sites is 3. The van der Waals surface area contributed by atoms with Gasteiger partial charge in [-0.15, -0.1) is 0 Å². The molecule has 0 fully saturated rings. The van der Waals surface area contributed by atoms with Crippen LogP contribution in [0.1, 0.15) is 0 Å². The van der Waals surface area contributed by atoms with Crippen molar-refractivity contribution in [3.05, 3.63) is 426 Å². The normalized spacial score (nSPS) is 11.5. The van der Waals surface area contributed by atoms with Gasteiger partial charge in [0, 0.05) is 121 Å². The molecule has 19 heteroatoms. The Kier molecular flexibility index (Phi) is 19.3. The summed E-state index contributed by atoms with van der Waals surface area (Å²) in [6, 6.07) is 127. The Morgan fingerprint density at radius 2 is 0.492 bits per heavy atom. The third-order valence-electron chi connectivity index (χ3n) is 23.8. The fourth-order valence-corrected chi connectivity index (χ4v) is 17.6. The lowest BCUT2D eigenvalue weighted by molar-refractivity contribution is 0.622. The molecule has 0 aliphatic heterocycles. The minimum Gasteiger partial charge on any atom is -0.435 e. The highest BCUT2D eigenvalue weighted by atomic mass is 16.4. The van der Waals surface area contributed by atoms with Gasteiger partial charge in [-0.25, -0.2) is 44.9 Å². The van der Waals surface area contributed by atoms with Gasteiger partial charge in [0.25, 0.3) is 0 Å². The molecule has 132 heavy (non-hydrogen) atoms. The second kappa shape index (κ2) is 33.1. The van der Waals surface area contributed by atoms with Crippen LogP contribution in [0, 0.1) is 0 Å². The van der Waals surface area contributed by atoms with Crippen molar-refractivity contribution in [3.63, 3.8) is 0 Å². The molecule has 13 heterocycles. The number of benzene rings is 13. The van der Waals surface area contributed by atoms with Crippen LogP contribution in [0.3, 0.4) is 0 Å². The fourth-order valence-electron chi connectivity index (χ4n) is 17.6. The van der Waals surface area contributed by atoms with Crippen molar-refractivity contribution in [2.45, 2.75) is 0 Å². The minimum atomic E-state index is 0.564. The Balaban J connectivity index is 0.000000111. The summed E-state index contributed by atoms with van der Waals surface area (Å²) >= 11 is 0. The number of fused-ring (bicyclic) bond motifs is 15. The highest BCUT2D eigenvalue weighted by Gasteiger charge is 2.26. The van der Waals surface area contributed by atoms with Gasteiger partial charge in [-0.2, -0.15) is 0 Å². The number of hydrogen-bond donors (Lipinski definition) is 0. The SMILES string of the molecule is c1ccc(-c2ccc(-c3nc(-c4ccccc4)nc(-c4ccc(-n5c6ccccc6c6c7oc(-c8ccccc8)nc7ccc65)cc4)n3)cc2)cc1.c1ccc(-c2nc3ccc4c(c5ccccc5n4-c4cc(-c5ccncc5)cc(-c5ccncc5)n4)c3o2)cc1.c1ccc(-c2nc3ccc4c(c5ccccc5n4-c4nc(-c5ccncc5)cc(-c5ccncc5)n4)c3o2)cc1. The summed E-state index contributed by atoms with van der Waals surface area (Å²) in [5, 5.41) is 6.27. The van der Waals surface area contributed by atoms with E-state index >= 15 is 0 Å². The smallest absolute Gasteiger partial charge is 0.235 e. The van der Waals surface area contributed by atoms with Crippen molar-refractivity contribution in [1.82, 2.24) is 78.5 Å². The molecule has 620 valence electrons. The van der Waals surface area contributed by atoms with Gasteiger partial charge in [0.05, 0.1) is 66.3 Å². The molecule has 0 aliphatic rings. The van der Waals surface area contributed by atoms with Crippen LogP contribution < -0.4 is 0 Å². The molecule has 13 aromatic heterocycles. The van der Waals surface area contributed by atoms with E-state index in [-0.39, 0.29) is 0 Å². The van der Waals surface area contributed by atoms with Gasteiger partial charge in [-0.1, -0.05) is 194 Å². The predicted octanol–water partition coefficient (Wildman–Crippen LogP) is 27.1. The number of hydrogen-bond acceptors (Lipinski definition) is 16. The average Bonchev–Trinajstić information content (AvgIpc) is 1.58. The molecule has 26 aromatic rings. The van der Waals surface area contributed by atoms with Crippen molar-refractivity contribution in [2.24, 2.45) is 0 Å². The van der Waals surface area contributed by atoms with Crippen LogP contribution >= 0.6 is 0 Å².